The van der Waals surface area contributed by atoms with Crippen LogP contribution in [0.2, 0.25) is 0 Å². The summed E-state index contributed by atoms with van der Waals surface area (Å²) in [4.78, 5) is 24.7. The zero-order valence-electron chi connectivity index (χ0n) is 10.1. The first-order valence-electron chi connectivity index (χ1n) is 5.59. The first-order chi connectivity index (χ1) is 9.02. The smallest absolute Gasteiger partial charge is 0.266 e. The van der Waals surface area contributed by atoms with Crippen LogP contribution in [0.25, 0.3) is 6.08 Å². The molecule has 19 heavy (non-hydrogen) atoms. The lowest BCUT2D eigenvalue weighted by Crippen LogP contribution is -2.27. The second kappa shape index (κ2) is 5.54. The lowest BCUT2D eigenvalue weighted by atomic mass is 10.1. The van der Waals surface area contributed by atoms with Crippen LogP contribution in [-0.2, 0) is 4.79 Å². The summed E-state index contributed by atoms with van der Waals surface area (Å²) in [6.07, 6.45) is 1.70. The SMILES string of the molecule is CCN1C(=O)C(=Cc2ccc(C(=O)[O-])cc2)SC1=S. The van der Waals surface area contributed by atoms with Crippen molar-refractivity contribution in [1.82, 2.24) is 4.90 Å². The van der Waals surface area contributed by atoms with Crippen molar-refractivity contribution in [2.75, 3.05) is 6.54 Å². The fourth-order valence-corrected chi connectivity index (χ4v) is 3.02. The number of likely N-dealkylation sites (N-methyl/N-ethyl adjacent to an activating group) is 1. The van der Waals surface area contributed by atoms with Crippen LogP contribution in [0, 0.1) is 0 Å². The summed E-state index contributed by atoms with van der Waals surface area (Å²) in [5, 5.41) is 10.6. The van der Waals surface area contributed by atoms with Gasteiger partial charge in [-0.2, -0.15) is 0 Å². The highest BCUT2D eigenvalue weighted by Crippen LogP contribution is 2.32. The lowest BCUT2D eigenvalue weighted by Gasteiger charge is -2.09. The van der Waals surface area contributed by atoms with Gasteiger partial charge in [0.15, 0.2) is 0 Å². The Morgan fingerprint density at radius 3 is 2.53 bits per heavy atom. The lowest BCUT2D eigenvalue weighted by molar-refractivity contribution is -0.255. The molecule has 1 aliphatic rings. The van der Waals surface area contributed by atoms with E-state index in [1.165, 1.54) is 28.8 Å². The van der Waals surface area contributed by atoms with E-state index in [0.29, 0.717) is 15.8 Å². The molecule has 0 aromatic heterocycles. The van der Waals surface area contributed by atoms with Crippen molar-refractivity contribution in [3.63, 3.8) is 0 Å². The van der Waals surface area contributed by atoms with E-state index < -0.39 is 5.97 Å². The molecule has 1 saturated heterocycles. The molecule has 1 heterocycles. The fraction of sp³-hybridized carbons (Fsp3) is 0.154. The van der Waals surface area contributed by atoms with Crippen molar-refractivity contribution < 1.29 is 14.7 Å². The Morgan fingerprint density at radius 1 is 1.42 bits per heavy atom. The number of benzene rings is 1. The van der Waals surface area contributed by atoms with E-state index in [1.807, 2.05) is 6.92 Å². The van der Waals surface area contributed by atoms with Gasteiger partial charge >= 0.3 is 0 Å². The molecule has 1 aliphatic heterocycles. The van der Waals surface area contributed by atoms with Crippen LogP contribution >= 0.6 is 24.0 Å². The molecule has 0 spiro atoms. The third-order valence-electron chi connectivity index (χ3n) is 2.63. The predicted octanol–water partition coefficient (Wildman–Crippen LogP) is 1.27. The second-order valence-corrected chi connectivity index (χ2v) is 5.51. The largest absolute Gasteiger partial charge is 0.545 e. The maximum absolute atomic E-state index is 12.0. The highest BCUT2D eigenvalue weighted by atomic mass is 32.2. The molecule has 0 aliphatic carbocycles. The first-order valence-corrected chi connectivity index (χ1v) is 6.82. The number of thioether (sulfide) groups is 1. The van der Waals surface area contributed by atoms with Gasteiger partial charge in [0, 0.05) is 6.54 Å². The van der Waals surface area contributed by atoms with Gasteiger partial charge in [-0.3, -0.25) is 9.69 Å². The molecule has 4 nitrogen and oxygen atoms in total. The molecule has 0 atom stereocenters. The zero-order valence-corrected chi connectivity index (χ0v) is 11.7. The van der Waals surface area contributed by atoms with Gasteiger partial charge in [0.25, 0.3) is 5.91 Å². The summed E-state index contributed by atoms with van der Waals surface area (Å²) in [6.45, 7) is 2.41. The minimum atomic E-state index is -1.22. The summed E-state index contributed by atoms with van der Waals surface area (Å²) in [7, 11) is 0. The number of carbonyl (C=O) groups excluding carboxylic acids is 2. The van der Waals surface area contributed by atoms with E-state index in [9.17, 15) is 14.7 Å². The third-order valence-corrected chi connectivity index (χ3v) is 4.01. The number of carboxylic acids is 1. The summed E-state index contributed by atoms with van der Waals surface area (Å²) < 4.78 is 0.546. The standard InChI is InChI=1S/C13H11NO3S2/c1-2-14-11(15)10(19-13(14)18)7-8-3-5-9(6-4-8)12(16)17/h3-7H,2H2,1H3,(H,16,17)/p-1. The third kappa shape index (κ3) is 2.85. The molecule has 0 unspecified atom stereocenters. The van der Waals surface area contributed by atoms with Gasteiger partial charge in [-0.15, -0.1) is 0 Å². The predicted molar refractivity (Wildman–Crippen MR) is 76.3 cm³/mol. The quantitative estimate of drug-likeness (QED) is 0.620. The van der Waals surface area contributed by atoms with E-state index in [1.54, 1.807) is 18.2 Å². The van der Waals surface area contributed by atoms with Crippen LogP contribution in [0.4, 0.5) is 0 Å². The molecular weight excluding hydrogens is 282 g/mol. The van der Waals surface area contributed by atoms with Crippen molar-refractivity contribution in [2.24, 2.45) is 0 Å². The molecule has 0 bridgehead atoms. The Hall–Kier alpha value is -1.66. The van der Waals surface area contributed by atoms with Crippen molar-refractivity contribution >= 4 is 46.3 Å². The number of hydrogen-bond acceptors (Lipinski definition) is 5. The number of carbonyl (C=O) groups is 2. The molecule has 2 rings (SSSR count). The van der Waals surface area contributed by atoms with Crippen LogP contribution < -0.4 is 5.11 Å². The number of amides is 1. The van der Waals surface area contributed by atoms with Crippen molar-refractivity contribution in [2.45, 2.75) is 6.92 Å². The van der Waals surface area contributed by atoms with Crippen LogP contribution in [-0.4, -0.2) is 27.6 Å². The van der Waals surface area contributed by atoms with Gasteiger partial charge < -0.3 is 9.90 Å². The van der Waals surface area contributed by atoms with Gasteiger partial charge in [0.1, 0.15) is 4.32 Å². The molecule has 6 heteroatoms. The van der Waals surface area contributed by atoms with Crippen LogP contribution in [0.5, 0.6) is 0 Å². The molecular formula is C13H10NO3S2-. The first kappa shape index (κ1) is 13.8. The van der Waals surface area contributed by atoms with E-state index >= 15 is 0 Å². The van der Waals surface area contributed by atoms with Crippen molar-refractivity contribution in [3.05, 3.63) is 40.3 Å². The maximum Gasteiger partial charge on any atom is 0.266 e. The van der Waals surface area contributed by atoms with Crippen molar-refractivity contribution in [3.8, 4) is 0 Å². The van der Waals surface area contributed by atoms with Gasteiger partial charge in [0.05, 0.1) is 10.9 Å². The molecule has 0 radical (unpaired) electrons. The topological polar surface area (TPSA) is 60.4 Å². The molecule has 1 amide bonds. The highest BCUT2D eigenvalue weighted by Gasteiger charge is 2.30. The van der Waals surface area contributed by atoms with Gasteiger partial charge in [0.2, 0.25) is 0 Å². The van der Waals surface area contributed by atoms with Gasteiger partial charge in [-0.05, 0) is 24.1 Å². The Kier molecular flexibility index (Phi) is 4.01. The molecule has 0 saturated carbocycles. The zero-order chi connectivity index (χ0) is 14.0. The second-order valence-electron chi connectivity index (χ2n) is 3.84. The number of thiocarbonyl (C=S) groups is 1. The summed E-state index contributed by atoms with van der Waals surface area (Å²) >= 11 is 6.36. The summed E-state index contributed by atoms with van der Waals surface area (Å²) in [6, 6.07) is 6.15. The van der Waals surface area contributed by atoms with Crippen LogP contribution in [0.3, 0.4) is 0 Å². The minimum Gasteiger partial charge on any atom is -0.545 e. The number of rotatable bonds is 3. The molecule has 98 valence electrons. The minimum absolute atomic E-state index is 0.109. The number of nitrogens with zero attached hydrogens (tertiary/aromatic N) is 1. The number of hydrogen-bond donors (Lipinski definition) is 0. The molecule has 1 aromatic rings. The maximum atomic E-state index is 12.0. The van der Waals surface area contributed by atoms with Crippen LogP contribution in [0.1, 0.15) is 22.8 Å². The average molecular weight is 292 g/mol. The Morgan fingerprint density at radius 2 is 2.05 bits per heavy atom. The Balaban J connectivity index is 2.25. The monoisotopic (exact) mass is 292 g/mol. The summed E-state index contributed by atoms with van der Waals surface area (Å²) in [5.41, 5.74) is 0.861. The highest BCUT2D eigenvalue weighted by molar-refractivity contribution is 8.26. The number of aromatic carboxylic acids is 1. The molecule has 1 fully saturated rings. The Bertz CT molecular complexity index is 578. The van der Waals surface area contributed by atoms with E-state index in [4.69, 9.17) is 12.2 Å². The molecule has 0 N–H and O–H groups in total. The van der Waals surface area contributed by atoms with Crippen molar-refractivity contribution in [1.29, 1.82) is 0 Å². The van der Waals surface area contributed by atoms with Gasteiger partial charge in [-0.1, -0.05) is 48.2 Å². The fourth-order valence-electron chi connectivity index (χ4n) is 1.64. The Labute approximate surface area is 120 Å². The normalized spacial score (nSPS) is 17.3. The van der Waals surface area contributed by atoms with Crippen LogP contribution in [0.15, 0.2) is 29.2 Å². The number of carboxylic acid groups (broad SMARTS) is 1. The van der Waals surface area contributed by atoms with E-state index in [2.05, 4.69) is 0 Å². The average Bonchev–Trinajstić information content (AvgIpc) is 2.64. The van der Waals surface area contributed by atoms with E-state index in [-0.39, 0.29) is 11.5 Å². The van der Waals surface area contributed by atoms with Gasteiger partial charge in [-0.25, -0.2) is 0 Å². The molecule has 1 aromatic carbocycles. The van der Waals surface area contributed by atoms with E-state index in [0.717, 1.165) is 5.56 Å². The summed E-state index contributed by atoms with van der Waals surface area (Å²) in [5.74, 6) is -1.33.